The largest absolute Gasteiger partial charge is 0.393 e. The summed E-state index contributed by atoms with van der Waals surface area (Å²) in [4.78, 5) is 13.0. The van der Waals surface area contributed by atoms with Crippen LogP contribution in [0.4, 0.5) is 13.2 Å². The van der Waals surface area contributed by atoms with Gasteiger partial charge in [-0.2, -0.15) is 13.2 Å². The Labute approximate surface area is 99.1 Å². The van der Waals surface area contributed by atoms with E-state index in [1.807, 2.05) is 6.92 Å². The van der Waals surface area contributed by atoms with Crippen molar-refractivity contribution in [3.8, 4) is 0 Å². The number of piperidine rings is 1. The summed E-state index contributed by atoms with van der Waals surface area (Å²) < 4.78 is 37.6. The lowest BCUT2D eigenvalue weighted by Gasteiger charge is -2.34. The molecule has 1 amide bonds. The standard InChI is InChI=1S/C11H19F3N2O/c1-2-9(15)6-10(17)16-5-3-4-8(7-16)11(12,13)14/h8-9H,2-7,15H2,1H3. The predicted octanol–water partition coefficient (Wildman–Crippen LogP) is 1.91. The van der Waals surface area contributed by atoms with Crippen LogP contribution < -0.4 is 5.73 Å². The third-order valence-corrected chi connectivity index (χ3v) is 3.20. The Balaban J connectivity index is 2.52. The van der Waals surface area contributed by atoms with Gasteiger partial charge in [-0.3, -0.25) is 4.79 Å². The van der Waals surface area contributed by atoms with Gasteiger partial charge in [0, 0.05) is 25.6 Å². The SMILES string of the molecule is CCC(N)CC(=O)N1CCCC(C(F)(F)F)C1. The molecule has 2 atom stereocenters. The van der Waals surface area contributed by atoms with Crippen LogP contribution in [0.2, 0.25) is 0 Å². The van der Waals surface area contributed by atoms with Gasteiger partial charge in [-0.05, 0) is 19.3 Å². The molecule has 2 unspecified atom stereocenters. The third-order valence-electron chi connectivity index (χ3n) is 3.20. The van der Waals surface area contributed by atoms with Crippen LogP contribution in [0.25, 0.3) is 0 Å². The number of hydrogen-bond acceptors (Lipinski definition) is 2. The van der Waals surface area contributed by atoms with Gasteiger partial charge in [0.25, 0.3) is 0 Å². The molecule has 1 rings (SSSR count). The highest BCUT2D eigenvalue weighted by atomic mass is 19.4. The zero-order valence-electron chi connectivity index (χ0n) is 9.96. The number of rotatable bonds is 3. The Morgan fingerprint density at radius 3 is 2.71 bits per heavy atom. The number of halogens is 3. The van der Waals surface area contributed by atoms with Gasteiger partial charge in [0.15, 0.2) is 0 Å². The zero-order valence-corrected chi connectivity index (χ0v) is 9.96. The summed E-state index contributed by atoms with van der Waals surface area (Å²) >= 11 is 0. The molecule has 0 aromatic heterocycles. The van der Waals surface area contributed by atoms with Gasteiger partial charge < -0.3 is 10.6 Å². The van der Waals surface area contributed by atoms with E-state index in [0.29, 0.717) is 19.4 Å². The average Bonchev–Trinajstić information content (AvgIpc) is 2.28. The van der Waals surface area contributed by atoms with Crippen molar-refractivity contribution < 1.29 is 18.0 Å². The lowest BCUT2D eigenvalue weighted by atomic mass is 9.97. The smallest absolute Gasteiger partial charge is 0.342 e. The Morgan fingerprint density at radius 1 is 1.53 bits per heavy atom. The highest BCUT2D eigenvalue weighted by Gasteiger charge is 2.42. The van der Waals surface area contributed by atoms with E-state index in [2.05, 4.69) is 0 Å². The molecule has 0 radical (unpaired) electrons. The van der Waals surface area contributed by atoms with Crippen molar-refractivity contribution in [2.75, 3.05) is 13.1 Å². The number of hydrogen-bond donors (Lipinski definition) is 1. The molecule has 1 aliphatic rings. The Morgan fingerprint density at radius 2 is 2.18 bits per heavy atom. The van der Waals surface area contributed by atoms with Gasteiger partial charge in [0.1, 0.15) is 0 Å². The summed E-state index contributed by atoms with van der Waals surface area (Å²) in [6, 6.07) is -0.256. The van der Waals surface area contributed by atoms with Crippen molar-refractivity contribution in [1.29, 1.82) is 0 Å². The lowest BCUT2D eigenvalue weighted by Crippen LogP contribution is -2.45. The number of amides is 1. The van der Waals surface area contributed by atoms with E-state index >= 15 is 0 Å². The summed E-state index contributed by atoms with van der Waals surface area (Å²) in [5.41, 5.74) is 5.63. The quantitative estimate of drug-likeness (QED) is 0.834. The van der Waals surface area contributed by atoms with Gasteiger partial charge in [0.05, 0.1) is 5.92 Å². The van der Waals surface area contributed by atoms with Crippen LogP contribution in [0.15, 0.2) is 0 Å². The van der Waals surface area contributed by atoms with Gasteiger partial charge in [0.2, 0.25) is 5.91 Å². The molecule has 0 spiro atoms. The van der Waals surface area contributed by atoms with E-state index in [0.717, 1.165) is 0 Å². The number of likely N-dealkylation sites (tertiary alicyclic amines) is 1. The molecule has 3 nitrogen and oxygen atoms in total. The number of carbonyl (C=O) groups is 1. The first-order valence-electron chi connectivity index (χ1n) is 5.94. The zero-order chi connectivity index (χ0) is 13.1. The molecule has 0 aliphatic carbocycles. The molecule has 0 aromatic rings. The second-order valence-corrected chi connectivity index (χ2v) is 4.59. The third kappa shape index (κ3) is 4.18. The molecule has 0 aromatic carbocycles. The first kappa shape index (κ1) is 14.3. The maximum Gasteiger partial charge on any atom is 0.393 e. The van der Waals surface area contributed by atoms with Crippen LogP contribution in [0, 0.1) is 5.92 Å². The highest BCUT2D eigenvalue weighted by Crippen LogP contribution is 2.33. The molecule has 1 fully saturated rings. The molecule has 100 valence electrons. The molecule has 1 aliphatic heterocycles. The summed E-state index contributed by atoms with van der Waals surface area (Å²) in [6.07, 6.45) is -2.88. The van der Waals surface area contributed by atoms with Crippen LogP contribution in [0.3, 0.4) is 0 Å². The molecular weight excluding hydrogens is 233 g/mol. The van der Waals surface area contributed by atoms with Crippen molar-refractivity contribution in [2.24, 2.45) is 11.7 Å². The summed E-state index contributed by atoms with van der Waals surface area (Å²) in [6.45, 7) is 2.06. The number of carbonyl (C=O) groups excluding carboxylic acids is 1. The molecule has 0 bridgehead atoms. The molecule has 17 heavy (non-hydrogen) atoms. The fourth-order valence-electron chi connectivity index (χ4n) is 1.97. The monoisotopic (exact) mass is 252 g/mol. The Hall–Kier alpha value is -0.780. The minimum absolute atomic E-state index is 0.118. The predicted molar refractivity (Wildman–Crippen MR) is 58.2 cm³/mol. The van der Waals surface area contributed by atoms with Crippen molar-refractivity contribution in [2.45, 2.75) is 44.8 Å². The number of nitrogens with zero attached hydrogens (tertiary/aromatic N) is 1. The first-order valence-corrected chi connectivity index (χ1v) is 5.94. The maximum absolute atomic E-state index is 12.5. The topological polar surface area (TPSA) is 46.3 Å². The van der Waals surface area contributed by atoms with Crippen LogP contribution in [0.5, 0.6) is 0 Å². The number of alkyl halides is 3. The number of nitrogens with two attached hydrogens (primary N) is 1. The van der Waals surface area contributed by atoms with Crippen LogP contribution in [0.1, 0.15) is 32.6 Å². The molecule has 1 saturated heterocycles. The Kier molecular flexibility index (Phi) is 4.80. The van der Waals surface area contributed by atoms with E-state index in [-0.39, 0.29) is 31.3 Å². The van der Waals surface area contributed by atoms with Gasteiger partial charge in [-0.25, -0.2) is 0 Å². The average molecular weight is 252 g/mol. The summed E-state index contributed by atoms with van der Waals surface area (Å²) in [7, 11) is 0. The van der Waals surface area contributed by atoms with Crippen LogP contribution >= 0.6 is 0 Å². The fourth-order valence-corrected chi connectivity index (χ4v) is 1.97. The van der Waals surface area contributed by atoms with E-state index in [1.54, 1.807) is 0 Å². The van der Waals surface area contributed by atoms with Crippen molar-refractivity contribution in [1.82, 2.24) is 4.90 Å². The second-order valence-electron chi connectivity index (χ2n) is 4.59. The van der Waals surface area contributed by atoms with Gasteiger partial charge >= 0.3 is 6.18 Å². The van der Waals surface area contributed by atoms with E-state index in [9.17, 15) is 18.0 Å². The minimum atomic E-state index is -4.20. The van der Waals surface area contributed by atoms with E-state index in [4.69, 9.17) is 5.73 Å². The van der Waals surface area contributed by atoms with Gasteiger partial charge in [-0.15, -0.1) is 0 Å². The van der Waals surface area contributed by atoms with E-state index in [1.165, 1.54) is 4.90 Å². The molecule has 0 saturated carbocycles. The molecular formula is C11H19F3N2O. The van der Waals surface area contributed by atoms with Crippen molar-refractivity contribution in [3.63, 3.8) is 0 Å². The van der Waals surface area contributed by atoms with Crippen molar-refractivity contribution in [3.05, 3.63) is 0 Å². The fraction of sp³-hybridized carbons (Fsp3) is 0.909. The molecule has 1 heterocycles. The maximum atomic E-state index is 12.5. The summed E-state index contributed by atoms with van der Waals surface area (Å²) in [5, 5.41) is 0. The van der Waals surface area contributed by atoms with Crippen LogP contribution in [-0.2, 0) is 4.79 Å². The molecule has 2 N–H and O–H groups in total. The highest BCUT2D eigenvalue weighted by molar-refractivity contribution is 5.76. The first-order chi connectivity index (χ1) is 7.84. The normalized spacial score (nSPS) is 23.6. The van der Waals surface area contributed by atoms with Crippen LogP contribution in [-0.4, -0.2) is 36.1 Å². The van der Waals surface area contributed by atoms with Gasteiger partial charge in [-0.1, -0.05) is 6.92 Å². The minimum Gasteiger partial charge on any atom is -0.342 e. The lowest BCUT2D eigenvalue weighted by molar-refractivity contribution is -0.188. The Bertz CT molecular complexity index is 268. The van der Waals surface area contributed by atoms with Crippen molar-refractivity contribution >= 4 is 5.91 Å². The molecule has 6 heteroatoms. The van der Waals surface area contributed by atoms with E-state index < -0.39 is 12.1 Å². The second kappa shape index (κ2) is 5.71. The summed E-state index contributed by atoms with van der Waals surface area (Å²) in [5.74, 6) is -1.63.